The van der Waals surface area contributed by atoms with E-state index < -0.39 is 16.8 Å². The largest absolute Gasteiger partial charge is 0.492 e. The number of H-pyrrole nitrogens is 1. The van der Waals surface area contributed by atoms with Crippen molar-refractivity contribution in [3.8, 4) is 5.75 Å². The molecule has 2 atom stereocenters. The first-order valence-corrected chi connectivity index (χ1v) is 10.7. The summed E-state index contributed by atoms with van der Waals surface area (Å²) in [5.74, 6) is 0.125. The molecule has 1 aliphatic carbocycles. The highest BCUT2D eigenvalue weighted by Gasteiger charge is 2.34. The molecule has 1 aromatic carbocycles. The van der Waals surface area contributed by atoms with Gasteiger partial charge in [0.2, 0.25) is 5.43 Å². The second kappa shape index (κ2) is 7.55. The number of nitrogens with two attached hydrogens (primary N) is 1. The number of hydrogen-bond donors (Lipinski definition) is 2. The number of aromatic nitrogens is 2. The monoisotopic (exact) mass is 454 g/mol. The zero-order valence-corrected chi connectivity index (χ0v) is 18.4. The third-order valence-electron chi connectivity index (χ3n) is 6.20. The molecule has 0 radical (unpaired) electrons. The minimum atomic E-state index is -0.509. The van der Waals surface area contributed by atoms with Crippen LogP contribution in [0.25, 0.3) is 21.1 Å². The first-order chi connectivity index (χ1) is 13.9. The third kappa shape index (κ3) is 3.02. The van der Waals surface area contributed by atoms with Gasteiger partial charge in [-0.3, -0.25) is 14.0 Å². The van der Waals surface area contributed by atoms with Gasteiger partial charge in [0.05, 0.1) is 18.0 Å². The first-order valence-electron chi connectivity index (χ1n) is 9.88. The summed E-state index contributed by atoms with van der Waals surface area (Å²) in [6.45, 7) is 3.29. The van der Waals surface area contributed by atoms with Gasteiger partial charge in [0.15, 0.2) is 11.6 Å². The maximum absolute atomic E-state index is 15.3. The molecule has 2 fully saturated rings. The lowest BCUT2D eigenvalue weighted by molar-refractivity contribution is 0.413. The molecule has 0 amide bonds. The highest BCUT2D eigenvalue weighted by atomic mass is 35.5. The van der Waals surface area contributed by atoms with Gasteiger partial charge in [0, 0.05) is 25.2 Å². The Labute approximate surface area is 182 Å². The van der Waals surface area contributed by atoms with Gasteiger partial charge in [0.1, 0.15) is 15.9 Å². The molecule has 0 unspecified atom stereocenters. The number of nitrogens with one attached hydrogen (secondary N) is 1. The number of rotatable bonds is 4. The highest BCUT2D eigenvalue weighted by Crippen LogP contribution is 2.46. The number of fused-ring (bicyclic) bond motifs is 2. The highest BCUT2D eigenvalue weighted by molar-refractivity contribution is 7.12. The third-order valence-corrected chi connectivity index (χ3v) is 7.08. The number of ether oxygens (including phenoxy) is 1. The molecule has 1 saturated heterocycles. The predicted octanol–water partition coefficient (Wildman–Crippen LogP) is 2.98. The minimum Gasteiger partial charge on any atom is -0.492 e. The number of benzene rings is 1. The smallest absolute Gasteiger partial charge is 0.271 e. The number of aromatic amines is 1. The van der Waals surface area contributed by atoms with Crippen LogP contribution in [0.1, 0.15) is 32.2 Å². The summed E-state index contributed by atoms with van der Waals surface area (Å²) in [5.41, 5.74) is 6.14. The fraction of sp³-hybridized carbons (Fsp3) is 0.500. The molecule has 1 saturated carbocycles. The van der Waals surface area contributed by atoms with Crippen molar-refractivity contribution < 1.29 is 9.13 Å². The van der Waals surface area contributed by atoms with Crippen molar-refractivity contribution in [1.29, 1.82) is 0 Å². The molecule has 2 aromatic heterocycles. The number of pyridine rings is 1. The van der Waals surface area contributed by atoms with Gasteiger partial charge >= 0.3 is 0 Å². The van der Waals surface area contributed by atoms with Gasteiger partial charge in [-0.15, -0.1) is 12.4 Å². The zero-order valence-electron chi connectivity index (χ0n) is 16.7. The molecular weight excluding hydrogens is 431 g/mol. The lowest BCUT2D eigenvalue weighted by Crippen LogP contribution is -2.30. The van der Waals surface area contributed by atoms with E-state index in [4.69, 9.17) is 10.5 Å². The van der Waals surface area contributed by atoms with E-state index in [1.54, 1.807) is 0 Å². The van der Waals surface area contributed by atoms with Gasteiger partial charge in [-0.05, 0) is 49.7 Å². The Hall–Kier alpha value is -2.10. The summed E-state index contributed by atoms with van der Waals surface area (Å²) in [7, 11) is 1.50. The summed E-state index contributed by atoms with van der Waals surface area (Å²) in [6.07, 6.45) is 2.78. The van der Waals surface area contributed by atoms with Gasteiger partial charge in [0.25, 0.3) is 5.56 Å². The molecular formula is C20H24ClFN4O3S. The van der Waals surface area contributed by atoms with E-state index in [0.29, 0.717) is 34.9 Å². The van der Waals surface area contributed by atoms with Crippen LogP contribution in [-0.2, 0) is 0 Å². The zero-order chi connectivity index (χ0) is 20.4. The van der Waals surface area contributed by atoms with E-state index in [-0.39, 0.29) is 41.2 Å². The summed E-state index contributed by atoms with van der Waals surface area (Å²) in [5, 5.41) is 0.288. The Bertz CT molecular complexity index is 1250. The second-order valence-corrected chi connectivity index (χ2v) is 8.93. The fourth-order valence-corrected chi connectivity index (χ4v) is 5.42. The van der Waals surface area contributed by atoms with Crippen LogP contribution >= 0.6 is 23.9 Å². The van der Waals surface area contributed by atoms with Crippen LogP contribution < -0.4 is 26.4 Å². The number of halogens is 2. The lowest BCUT2D eigenvalue weighted by Gasteiger charge is -2.25. The van der Waals surface area contributed by atoms with Crippen LogP contribution in [0.15, 0.2) is 15.7 Å². The summed E-state index contributed by atoms with van der Waals surface area (Å²) in [4.78, 5) is 27.9. The fourth-order valence-electron chi connectivity index (χ4n) is 4.51. The molecule has 3 N–H and O–H groups in total. The normalized spacial score (nSPS) is 20.0. The van der Waals surface area contributed by atoms with Gasteiger partial charge in [-0.2, -0.15) is 0 Å². The van der Waals surface area contributed by atoms with Crippen LogP contribution in [-0.4, -0.2) is 35.2 Å². The first kappa shape index (κ1) is 21.1. The molecule has 2 aliphatic rings. The van der Waals surface area contributed by atoms with Gasteiger partial charge < -0.3 is 19.9 Å². The van der Waals surface area contributed by atoms with Crippen LogP contribution in [0, 0.1) is 11.7 Å². The summed E-state index contributed by atoms with van der Waals surface area (Å²) in [6, 6.07) is 1.47. The molecule has 1 aliphatic heterocycles. The van der Waals surface area contributed by atoms with Gasteiger partial charge in [-0.1, -0.05) is 0 Å². The minimum absolute atomic E-state index is 0. The van der Waals surface area contributed by atoms with E-state index in [2.05, 4.69) is 4.37 Å². The molecule has 3 heterocycles. The van der Waals surface area contributed by atoms with Crippen molar-refractivity contribution in [1.82, 2.24) is 8.94 Å². The maximum Gasteiger partial charge on any atom is 0.271 e. The van der Waals surface area contributed by atoms with Crippen molar-refractivity contribution in [3.63, 3.8) is 0 Å². The molecule has 3 aromatic rings. The van der Waals surface area contributed by atoms with E-state index in [1.807, 2.05) is 16.4 Å². The van der Waals surface area contributed by atoms with Crippen molar-refractivity contribution >= 4 is 50.7 Å². The summed E-state index contributed by atoms with van der Waals surface area (Å²) < 4.78 is 25.7. The maximum atomic E-state index is 15.3. The second-order valence-electron chi connectivity index (χ2n) is 8.13. The van der Waals surface area contributed by atoms with Crippen LogP contribution in [0.4, 0.5) is 10.1 Å². The van der Waals surface area contributed by atoms with Crippen LogP contribution in [0.5, 0.6) is 5.75 Å². The topological polar surface area (TPSA) is 93.3 Å². The summed E-state index contributed by atoms with van der Waals surface area (Å²) >= 11 is 1.15. The average Bonchev–Trinajstić information content (AvgIpc) is 3.26. The molecule has 30 heavy (non-hydrogen) atoms. The van der Waals surface area contributed by atoms with E-state index >= 15 is 4.39 Å². The number of hydrogen-bond acceptors (Lipinski definition) is 6. The van der Waals surface area contributed by atoms with Crippen LogP contribution in [0.2, 0.25) is 0 Å². The number of nitrogens with zero attached hydrogens (tertiary/aromatic N) is 2. The Morgan fingerprint density at radius 3 is 2.67 bits per heavy atom. The quantitative estimate of drug-likeness (QED) is 0.632. The predicted molar refractivity (Wildman–Crippen MR) is 120 cm³/mol. The molecule has 162 valence electrons. The van der Waals surface area contributed by atoms with Crippen molar-refractivity contribution in [2.75, 3.05) is 25.1 Å². The Morgan fingerprint density at radius 1 is 1.33 bits per heavy atom. The molecule has 0 spiro atoms. The Balaban J connectivity index is 0.00000218. The SMILES string of the molecule is COc1c(N2CC[C@@H]([C@@H](C)N)C2)c(F)cc2c(=O)c3c(=O)[nH]sc3n(C3CC3)c12.Cl. The standard InChI is InChI=1S/C20H23FN4O3S.ClH/c1-9(22)10-5-6-24(8-10)16-13(21)7-12-15(18(16)28-2)25(11-3-4-11)20-14(17(12)26)19(27)23-29-20;/h7,9-11H,3-6,8,22H2,1-2H3,(H,23,27);1H/t9-,10-;/m1./s1. The Morgan fingerprint density at radius 2 is 2.07 bits per heavy atom. The molecule has 5 rings (SSSR count). The molecule has 10 heteroatoms. The Kier molecular flexibility index (Phi) is 5.32. The van der Waals surface area contributed by atoms with Crippen LogP contribution in [0.3, 0.4) is 0 Å². The van der Waals surface area contributed by atoms with E-state index in [9.17, 15) is 9.59 Å². The molecule has 0 bridgehead atoms. The molecule has 7 nitrogen and oxygen atoms in total. The van der Waals surface area contributed by atoms with Crippen molar-refractivity contribution in [3.05, 3.63) is 32.5 Å². The number of methoxy groups -OCH3 is 1. The number of anilines is 1. The average molecular weight is 455 g/mol. The van der Waals surface area contributed by atoms with Crippen molar-refractivity contribution in [2.24, 2.45) is 11.7 Å². The van der Waals surface area contributed by atoms with E-state index in [0.717, 1.165) is 30.8 Å². The van der Waals surface area contributed by atoms with Gasteiger partial charge in [-0.25, -0.2) is 4.39 Å². The lowest BCUT2D eigenvalue weighted by atomic mass is 10.0. The van der Waals surface area contributed by atoms with Crippen molar-refractivity contribution in [2.45, 2.75) is 38.3 Å². The van der Waals surface area contributed by atoms with E-state index in [1.165, 1.54) is 13.2 Å².